The molecular formula is C18H20N4O6. The highest BCUT2D eigenvalue weighted by atomic mass is 16.5. The van der Waals surface area contributed by atoms with Gasteiger partial charge in [0.1, 0.15) is 5.69 Å². The molecule has 3 N–H and O–H groups in total. The second kappa shape index (κ2) is 9.86. The second-order valence-corrected chi connectivity index (χ2v) is 5.50. The Labute approximate surface area is 160 Å². The van der Waals surface area contributed by atoms with Crippen LogP contribution in [0.5, 0.6) is 11.5 Å². The van der Waals surface area contributed by atoms with Gasteiger partial charge in [0.15, 0.2) is 23.8 Å². The van der Waals surface area contributed by atoms with Crippen molar-refractivity contribution in [3.8, 4) is 11.5 Å². The first-order valence-electron chi connectivity index (χ1n) is 8.34. The molecule has 0 radical (unpaired) electrons. The van der Waals surface area contributed by atoms with E-state index in [1.807, 2.05) is 6.92 Å². The van der Waals surface area contributed by atoms with Gasteiger partial charge in [-0.05, 0) is 24.6 Å². The predicted molar refractivity (Wildman–Crippen MR) is 97.3 cm³/mol. The van der Waals surface area contributed by atoms with E-state index >= 15 is 0 Å². The molecule has 0 aliphatic heterocycles. The Morgan fingerprint density at radius 3 is 2.39 bits per heavy atom. The first-order valence-corrected chi connectivity index (χ1v) is 8.34. The van der Waals surface area contributed by atoms with E-state index in [0.717, 1.165) is 18.0 Å². The fourth-order valence-electron chi connectivity index (χ4n) is 2.16. The molecule has 0 aliphatic carbocycles. The minimum Gasteiger partial charge on any atom is -0.493 e. The lowest BCUT2D eigenvalue weighted by Crippen LogP contribution is -2.28. The van der Waals surface area contributed by atoms with Gasteiger partial charge in [0, 0.05) is 13.1 Å². The Bertz CT molecular complexity index is 854. The smallest absolute Gasteiger partial charge is 0.356 e. The Balaban J connectivity index is 1.97. The third kappa shape index (κ3) is 5.66. The molecule has 0 atom stereocenters. The van der Waals surface area contributed by atoms with E-state index in [2.05, 4.69) is 20.6 Å². The van der Waals surface area contributed by atoms with Crippen LogP contribution < -0.4 is 20.1 Å². The van der Waals surface area contributed by atoms with Gasteiger partial charge in [0.25, 0.3) is 11.8 Å². The molecule has 0 saturated carbocycles. The number of benzene rings is 1. The Morgan fingerprint density at radius 1 is 1.07 bits per heavy atom. The first kappa shape index (κ1) is 20.6. The van der Waals surface area contributed by atoms with E-state index in [9.17, 15) is 14.4 Å². The summed E-state index contributed by atoms with van der Waals surface area (Å²) in [6, 6.07) is 5.03. The highest BCUT2D eigenvalue weighted by Crippen LogP contribution is 2.28. The highest BCUT2D eigenvalue weighted by molar-refractivity contribution is 5.92. The fourth-order valence-corrected chi connectivity index (χ4v) is 2.16. The molecule has 0 spiro atoms. The van der Waals surface area contributed by atoms with E-state index in [0.29, 0.717) is 18.0 Å². The third-order valence-electron chi connectivity index (χ3n) is 3.52. The average Bonchev–Trinajstić information content (AvgIpc) is 2.70. The molecule has 0 unspecified atom stereocenters. The van der Waals surface area contributed by atoms with Crippen LogP contribution >= 0.6 is 0 Å². The number of nitrogens with zero attached hydrogens (tertiary/aromatic N) is 2. The number of carboxylic acids is 1. The van der Waals surface area contributed by atoms with Gasteiger partial charge >= 0.3 is 5.97 Å². The number of carbonyl (C=O) groups is 3. The van der Waals surface area contributed by atoms with Gasteiger partial charge in [-0.25, -0.2) is 14.8 Å². The molecule has 28 heavy (non-hydrogen) atoms. The van der Waals surface area contributed by atoms with Crippen LogP contribution in [0.25, 0.3) is 0 Å². The summed E-state index contributed by atoms with van der Waals surface area (Å²) < 4.78 is 10.7. The molecule has 0 fully saturated rings. The van der Waals surface area contributed by atoms with Gasteiger partial charge < -0.3 is 25.2 Å². The number of hydrogen-bond donors (Lipinski definition) is 3. The molecule has 1 aromatic heterocycles. The standard InChI is InChI=1S/C18H20N4O6/c1-3-19-16(23)10-28-14-5-4-11(6-15(14)27-2)7-22-17(24)12-8-21-13(9-20-12)18(25)26/h4-6,8-9H,3,7,10H2,1-2H3,(H,19,23)(H,22,24)(H,25,26). The summed E-state index contributed by atoms with van der Waals surface area (Å²) >= 11 is 0. The van der Waals surface area contributed by atoms with Crippen molar-refractivity contribution in [2.24, 2.45) is 0 Å². The molecule has 1 aromatic carbocycles. The summed E-state index contributed by atoms with van der Waals surface area (Å²) in [5.74, 6) is -1.14. The molecule has 0 bridgehead atoms. The number of likely N-dealkylation sites (N-methyl/N-ethyl adjacent to an activating group) is 1. The summed E-state index contributed by atoms with van der Waals surface area (Å²) in [5.41, 5.74) is 0.481. The van der Waals surface area contributed by atoms with Gasteiger partial charge in [-0.15, -0.1) is 0 Å². The largest absolute Gasteiger partial charge is 0.493 e. The fraction of sp³-hybridized carbons (Fsp3) is 0.278. The Morgan fingerprint density at radius 2 is 1.79 bits per heavy atom. The van der Waals surface area contributed by atoms with E-state index in [1.54, 1.807) is 18.2 Å². The van der Waals surface area contributed by atoms with Crippen LogP contribution in [0.4, 0.5) is 0 Å². The maximum absolute atomic E-state index is 12.1. The number of aromatic nitrogens is 2. The number of aromatic carboxylic acids is 1. The molecule has 0 saturated heterocycles. The summed E-state index contributed by atoms with van der Waals surface area (Å²) in [7, 11) is 1.47. The lowest BCUT2D eigenvalue weighted by Gasteiger charge is -2.12. The number of carboxylic acid groups (broad SMARTS) is 1. The van der Waals surface area contributed by atoms with Crippen molar-refractivity contribution in [2.45, 2.75) is 13.5 Å². The highest BCUT2D eigenvalue weighted by Gasteiger charge is 2.12. The van der Waals surface area contributed by atoms with Crippen molar-refractivity contribution in [2.75, 3.05) is 20.3 Å². The van der Waals surface area contributed by atoms with E-state index in [1.165, 1.54) is 7.11 Å². The van der Waals surface area contributed by atoms with Gasteiger partial charge in [0.05, 0.1) is 19.5 Å². The van der Waals surface area contributed by atoms with Crippen molar-refractivity contribution < 1.29 is 29.0 Å². The summed E-state index contributed by atoms with van der Waals surface area (Å²) in [4.78, 5) is 41.8. The molecule has 2 aromatic rings. The number of nitrogens with one attached hydrogen (secondary N) is 2. The topological polar surface area (TPSA) is 140 Å². The van der Waals surface area contributed by atoms with Gasteiger partial charge in [-0.2, -0.15) is 0 Å². The van der Waals surface area contributed by atoms with Crippen LogP contribution in [0, 0.1) is 0 Å². The lowest BCUT2D eigenvalue weighted by molar-refractivity contribution is -0.123. The summed E-state index contributed by atoms with van der Waals surface area (Å²) in [5, 5.41) is 14.1. The Hall–Kier alpha value is -3.69. The lowest BCUT2D eigenvalue weighted by atomic mass is 10.2. The monoisotopic (exact) mass is 388 g/mol. The molecule has 10 heteroatoms. The molecular weight excluding hydrogens is 368 g/mol. The van der Waals surface area contributed by atoms with Crippen LogP contribution in [0.1, 0.15) is 33.5 Å². The van der Waals surface area contributed by atoms with Crippen molar-refractivity contribution >= 4 is 17.8 Å². The maximum atomic E-state index is 12.1. The maximum Gasteiger partial charge on any atom is 0.356 e. The quantitative estimate of drug-likeness (QED) is 0.568. The molecule has 0 aliphatic rings. The minimum atomic E-state index is -1.22. The van der Waals surface area contributed by atoms with E-state index < -0.39 is 11.9 Å². The van der Waals surface area contributed by atoms with Crippen molar-refractivity contribution in [1.29, 1.82) is 0 Å². The van der Waals surface area contributed by atoms with Gasteiger partial charge in [-0.1, -0.05) is 6.07 Å². The second-order valence-electron chi connectivity index (χ2n) is 5.50. The zero-order chi connectivity index (χ0) is 20.5. The van der Waals surface area contributed by atoms with Crippen molar-refractivity contribution in [3.63, 3.8) is 0 Å². The molecule has 148 valence electrons. The van der Waals surface area contributed by atoms with Crippen LogP contribution in [-0.2, 0) is 11.3 Å². The third-order valence-corrected chi connectivity index (χ3v) is 3.52. The summed E-state index contributed by atoms with van der Waals surface area (Å²) in [6.45, 7) is 2.37. The number of rotatable bonds is 9. The van der Waals surface area contributed by atoms with Gasteiger partial charge in [-0.3, -0.25) is 9.59 Å². The molecule has 2 amide bonds. The number of ether oxygens (including phenoxy) is 2. The van der Waals surface area contributed by atoms with Gasteiger partial charge in [0.2, 0.25) is 0 Å². The van der Waals surface area contributed by atoms with Crippen molar-refractivity contribution in [3.05, 3.63) is 47.5 Å². The first-order chi connectivity index (χ1) is 13.4. The minimum absolute atomic E-state index is 0.00106. The van der Waals surface area contributed by atoms with Crippen LogP contribution in [0.2, 0.25) is 0 Å². The predicted octanol–water partition coefficient (Wildman–Crippen LogP) is 0.628. The van der Waals surface area contributed by atoms with Crippen molar-refractivity contribution in [1.82, 2.24) is 20.6 Å². The Kier molecular flexibility index (Phi) is 7.26. The SMILES string of the molecule is CCNC(=O)COc1ccc(CNC(=O)c2cnc(C(=O)O)cn2)cc1OC. The normalized spacial score (nSPS) is 10.1. The average molecular weight is 388 g/mol. The summed E-state index contributed by atoms with van der Waals surface area (Å²) in [6.07, 6.45) is 2.11. The molecule has 10 nitrogen and oxygen atoms in total. The number of carbonyl (C=O) groups excluding carboxylic acids is 2. The number of hydrogen-bond acceptors (Lipinski definition) is 7. The zero-order valence-electron chi connectivity index (χ0n) is 15.4. The van der Waals surface area contributed by atoms with E-state index in [-0.39, 0.29) is 30.4 Å². The number of methoxy groups -OCH3 is 1. The number of amides is 2. The molecule has 2 rings (SSSR count). The van der Waals surface area contributed by atoms with Crippen LogP contribution in [0.3, 0.4) is 0 Å². The van der Waals surface area contributed by atoms with E-state index in [4.69, 9.17) is 14.6 Å². The molecule has 1 heterocycles. The van der Waals surface area contributed by atoms with Crippen LogP contribution in [-0.4, -0.2) is 53.1 Å². The zero-order valence-corrected chi connectivity index (χ0v) is 15.4. The van der Waals surface area contributed by atoms with Crippen LogP contribution in [0.15, 0.2) is 30.6 Å².